The van der Waals surface area contributed by atoms with E-state index in [9.17, 15) is 18.0 Å². The molecule has 0 aromatic heterocycles. The number of rotatable bonds is 6. The number of ether oxygens (including phenoxy) is 1. The molecule has 0 aromatic carbocycles. The minimum Gasteiger partial charge on any atom is -0.449 e. The Balaban J connectivity index is 1.58. The molecule has 1 aliphatic carbocycles. The van der Waals surface area contributed by atoms with Gasteiger partial charge in [0.25, 0.3) is 0 Å². The second-order valence-electron chi connectivity index (χ2n) is 9.74. The van der Waals surface area contributed by atoms with E-state index in [4.69, 9.17) is 4.74 Å². The third kappa shape index (κ3) is 7.07. The molecule has 2 amide bonds. The summed E-state index contributed by atoms with van der Waals surface area (Å²) in [4.78, 5) is 31.5. The largest absolute Gasteiger partial charge is 0.449 e. The van der Waals surface area contributed by atoms with E-state index in [1.807, 2.05) is 18.7 Å². The highest BCUT2D eigenvalue weighted by atomic mass is 32.2. The fraction of sp³-hybridized carbons (Fsp3) is 0.909. The van der Waals surface area contributed by atoms with E-state index in [2.05, 4.69) is 4.90 Å². The van der Waals surface area contributed by atoms with Crippen LogP contribution in [0.1, 0.15) is 58.8 Å². The van der Waals surface area contributed by atoms with Crippen LogP contribution >= 0.6 is 0 Å². The SMILES string of the molecule is CC(C)COC(=O)N1CCCN(CC(=O)N(C2CCCCC2)C2CCS(=O)(=O)C2)CC1. The summed E-state index contributed by atoms with van der Waals surface area (Å²) in [6, 6.07) is -0.0240. The summed E-state index contributed by atoms with van der Waals surface area (Å²) < 4.78 is 29.5. The van der Waals surface area contributed by atoms with Crippen molar-refractivity contribution in [2.45, 2.75) is 70.9 Å². The lowest BCUT2D eigenvalue weighted by Gasteiger charge is -2.39. The molecule has 31 heavy (non-hydrogen) atoms. The number of hydrogen-bond donors (Lipinski definition) is 0. The third-order valence-electron chi connectivity index (χ3n) is 6.60. The van der Waals surface area contributed by atoms with Crippen LogP contribution in [0.2, 0.25) is 0 Å². The van der Waals surface area contributed by atoms with Gasteiger partial charge >= 0.3 is 6.09 Å². The molecule has 0 N–H and O–H groups in total. The summed E-state index contributed by atoms with van der Waals surface area (Å²) in [5.74, 6) is 0.635. The van der Waals surface area contributed by atoms with Crippen LogP contribution in [-0.4, -0.2) is 98.0 Å². The molecule has 9 heteroatoms. The average molecular weight is 458 g/mol. The number of hydrogen-bond acceptors (Lipinski definition) is 6. The molecule has 3 aliphatic rings. The number of amides is 2. The zero-order valence-corrected chi connectivity index (χ0v) is 19.9. The number of sulfone groups is 1. The predicted octanol–water partition coefficient (Wildman–Crippen LogP) is 2.14. The van der Waals surface area contributed by atoms with Gasteiger partial charge in [0, 0.05) is 38.3 Å². The van der Waals surface area contributed by atoms with Gasteiger partial charge in [0.2, 0.25) is 5.91 Å². The first kappa shape index (κ1) is 24.3. The Hall–Kier alpha value is -1.35. The van der Waals surface area contributed by atoms with Gasteiger partial charge in [-0.25, -0.2) is 13.2 Å². The van der Waals surface area contributed by atoms with Crippen LogP contribution in [0.3, 0.4) is 0 Å². The average Bonchev–Trinajstić information content (AvgIpc) is 2.93. The minimum atomic E-state index is -3.05. The molecule has 0 bridgehead atoms. The van der Waals surface area contributed by atoms with Gasteiger partial charge < -0.3 is 14.5 Å². The maximum Gasteiger partial charge on any atom is 0.409 e. The summed E-state index contributed by atoms with van der Waals surface area (Å²) >= 11 is 0. The van der Waals surface area contributed by atoms with E-state index in [0.717, 1.165) is 38.6 Å². The van der Waals surface area contributed by atoms with Crippen molar-refractivity contribution in [2.75, 3.05) is 50.8 Å². The van der Waals surface area contributed by atoms with Crippen LogP contribution in [-0.2, 0) is 19.4 Å². The van der Waals surface area contributed by atoms with Crippen LogP contribution in [0.5, 0.6) is 0 Å². The lowest BCUT2D eigenvalue weighted by molar-refractivity contribution is -0.137. The molecule has 2 heterocycles. The molecule has 0 spiro atoms. The Morgan fingerprint density at radius 3 is 2.35 bits per heavy atom. The van der Waals surface area contributed by atoms with Gasteiger partial charge in [-0.05, 0) is 31.6 Å². The fourth-order valence-electron chi connectivity index (χ4n) is 4.97. The molecular formula is C22H39N3O5S. The highest BCUT2D eigenvalue weighted by Crippen LogP contribution is 2.28. The van der Waals surface area contributed by atoms with E-state index in [0.29, 0.717) is 45.1 Å². The molecule has 3 rings (SSSR count). The van der Waals surface area contributed by atoms with Gasteiger partial charge in [-0.2, -0.15) is 0 Å². The standard InChI is InChI=1S/C22H39N3O5S/c1-18(2)16-30-22(27)24-11-6-10-23(12-13-24)15-21(26)25(19-7-4-3-5-8-19)20-9-14-31(28,29)17-20/h18-20H,3-17H2,1-2H3. The van der Waals surface area contributed by atoms with Crippen LogP contribution in [0.25, 0.3) is 0 Å². The molecule has 2 aliphatic heterocycles. The summed E-state index contributed by atoms with van der Waals surface area (Å²) in [7, 11) is -3.05. The van der Waals surface area contributed by atoms with Crippen molar-refractivity contribution >= 4 is 21.8 Å². The quantitative estimate of drug-likeness (QED) is 0.607. The van der Waals surface area contributed by atoms with Crippen LogP contribution in [0.4, 0.5) is 4.79 Å². The maximum atomic E-state index is 13.4. The van der Waals surface area contributed by atoms with Crippen LogP contribution in [0, 0.1) is 5.92 Å². The van der Waals surface area contributed by atoms with Crippen molar-refractivity contribution < 1.29 is 22.7 Å². The first-order chi connectivity index (χ1) is 14.7. The van der Waals surface area contributed by atoms with E-state index in [1.165, 1.54) is 6.42 Å². The van der Waals surface area contributed by atoms with Gasteiger partial charge in [0.1, 0.15) is 0 Å². The highest BCUT2D eigenvalue weighted by molar-refractivity contribution is 7.91. The number of carbonyl (C=O) groups excluding carboxylic acids is 2. The zero-order valence-electron chi connectivity index (χ0n) is 19.1. The second-order valence-corrected chi connectivity index (χ2v) is 12.0. The number of carbonyl (C=O) groups is 2. The first-order valence-corrected chi connectivity index (χ1v) is 13.7. The van der Waals surface area contributed by atoms with Gasteiger partial charge in [-0.1, -0.05) is 33.1 Å². The monoisotopic (exact) mass is 457 g/mol. The zero-order chi connectivity index (χ0) is 22.4. The topological polar surface area (TPSA) is 87.2 Å². The van der Waals surface area contributed by atoms with Crippen LogP contribution in [0.15, 0.2) is 0 Å². The first-order valence-electron chi connectivity index (χ1n) is 11.9. The van der Waals surface area contributed by atoms with Crippen molar-refractivity contribution in [2.24, 2.45) is 5.92 Å². The summed E-state index contributed by atoms with van der Waals surface area (Å²) in [5.41, 5.74) is 0. The maximum absolute atomic E-state index is 13.4. The van der Waals surface area contributed by atoms with Crippen molar-refractivity contribution in [1.29, 1.82) is 0 Å². The Morgan fingerprint density at radius 1 is 0.968 bits per heavy atom. The smallest absolute Gasteiger partial charge is 0.409 e. The lowest BCUT2D eigenvalue weighted by Crippen LogP contribution is -2.52. The molecule has 0 radical (unpaired) electrons. The second kappa shape index (κ2) is 11.0. The fourth-order valence-corrected chi connectivity index (χ4v) is 6.68. The van der Waals surface area contributed by atoms with Gasteiger partial charge in [-0.15, -0.1) is 0 Å². The predicted molar refractivity (Wildman–Crippen MR) is 120 cm³/mol. The van der Waals surface area contributed by atoms with Crippen molar-refractivity contribution in [3.8, 4) is 0 Å². The summed E-state index contributed by atoms with van der Waals surface area (Å²) in [6.45, 7) is 7.29. The normalized spacial score (nSPS) is 25.4. The Morgan fingerprint density at radius 2 is 1.71 bits per heavy atom. The molecule has 3 fully saturated rings. The molecular weight excluding hydrogens is 418 g/mol. The molecule has 1 saturated carbocycles. The van der Waals surface area contributed by atoms with E-state index in [-0.39, 0.29) is 35.6 Å². The number of nitrogens with zero attached hydrogens (tertiary/aromatic N) is 3. The molecule has 1 unspecified atom stereocenters. The van der Waals surface area contributed by atoms with Crippen molar-refractivity contribution in [3.63, 3.8) is 0 Å². The van der Waals surface area contributed by atoms with Gasteiger partial charge in [0.05, 0.1) is 24.7 Å². The molecule has 8 nitrogen and oxygen atoms in total. The van der Waals surface area contributed by atoms with Gasteiger partial charge in [-0.3, -0.25) is 9.69 Å². The Labute approximate surface area is 187 Å². The molecule has 2 saturated heterocycles. The van der Waals surface area contributed by atoms with E-state index in [1.54, 1.807) is 4.90 Å². The molecule has 1 atom stereocenters. The third-order valence-corrected chi connectivity index (χ3v) is 8.35. The van der Waals surface area contributed by atoms with Crippen molar-refractivity contribution in [1.82, 2.24) is 14.7 Å². The Bertz CT molecular complexity index is 721. The van der Waals surface area contributed by atoms with Crippen LogP contribution < -0.4 is 0 Å². The lowest BCUT2D eigenvalue weighted by atomic mass is 9.92. The highest BCUT2D eigenvalue weighted by Gasteiger charge is 2.39. The Kier molecular flexibility index (Phi) is 8.61. The van der Waals surface area contributed by atoms with Crippen molar-refractivity contribution in [3.05, 3.63) is 0 Å². The summed E-state index contributed by atoms with van der Waals surface area (Å²) in [6.07, 6.45) is 6.41. The minimum absolute atomic E-state index is 0.0461. The molecule has 0 aromatic rings. The van der Waals surface area contributed by atoms with E-state index >= 15 is 0 Å². The van der Waals surface area contributed by atoms with E-state index < -0.39 is 9.84 Å². The van der Waals surface area contributed by atoms with Gasteiger partial charge in [0.15, 0.2) is 9.84 Å². The summed E-state index contributed by atoms with van der Waals surface area (Å²) in [5, 5.41) is 0. The molecule has 178 valence electrons.